The molecule has 1 atom stereocenters. The van der Waals surface area contributed by atoms with Crippen LogP contribution in [0.5, 0.6) is 17.2 Å². The number of Topliss-reactive ketones (excluding diaryl/α,β-unsaturated/α-hetero) is 2. The quantitative estimate of drug-likeness (QED) is 0.462. The van der Waals surface area contributed by atoms with Gasteiger partial charge in [0.05, 0.1) is 5.56 Å². The molecule has 0 radical (unpaired) electrons. The van der Waals surface area contributed by atoms with Crippen molar-refractivity contribution >= 4 is 17.5 Å². The zero-order valence-electron chi connectivity index (χ0n) is 13.6. The molecule has 0 unspecified atom stereocenters. The van der Waals surface area contributed by atoms with Crippen molar-refractivity contribution in [3.63, 3.8) is 0 Å². The van der Waals surface area contributed by atoms with Gasteiger partial charge in [-0.1, -0.05) is 0 Å². The number of aliphatic hydroxyl groups excluding tert-OH is 1. The maximum absolute atomic E-state index is 12.9. The highest BCUT2D eigenvalue weighted by molar-refractivity contribution is 6.25. The van der Waals surface area contributed by atoms with E-state index in [4.69, 9.17) is 10.5 Å². The molecule has 8 nitrogen and oxygen atoms in total. The first kappa shape index (κ1) is 16.6. The number of rotatable bonds is 2. The molecule has 0 aromatic heterocycles. The monoisotopic (exact) mass is 345 g/mol. The average Bonchev–Trinajstić information content (AvgIpc) is 2.78. The topological polar surface area (TPSA) is 147 Å². The molecule has 1 heterocycles. The highest BCUT2D eigenvalue weighted by Crippen LogP contribution is 2.57. The molecule has 0 bridgehead atoms. The first-order chi connectivity index (χ1) is 11.5. The lowest BCUT2D eigenvalue weighted by molar-refractivity contribution is -0.124. The van der Waals surface area contributed by atoms with E-state index in [1.807, 2.05) is 0 Å². The van der Waals surface area contributed by atoms with Gasteiger partial charge in [-0.3, -0.25) is 14.4 Å². The fourth-order valence-corrected chi connectivity index (χ4v) is 3.26. The summed E-state index contributed by atoms with van der Waals surface area (Å²) < 4.78 is 5.55. The number of phenolic OH excluding ortho intramolecular Hbond substituents is 2. The number of allylic oxidation sites excluding steroid dienone is 2. The molecule has 25 heavy (non-hydrogen) atoms. The third-order valence-corrected chi connectivity index (χ3v) is 4.65. The van der Waals surface area contributed by atoms with Crippen LogP contribution in [0.1, 0.15) is 35.3 Å². The maximum atomic E-state index is 12.9. The zero-order valence-corrected chi connectivity index (χ0v) is 13.6. The number of nitrogens with two attached hydrogens (primary N) is 1. The summed E-state index contributed by atoms with van der Waals surface area (Å²) in [5.74, 6) is -4.39. The molecule has 0 fully saturated rings. The van der Waals surface area contributed by atoms with Crippen molar-refractivity contribution < 1.29 is 34.4 Å². The Morgan fingerprint density at radius 3 is 2.32 bits per heavy atom. The van der Waals surface area contributed by atoms with Crippen molar-refractivity contribution in [3.05, 3.63) is 39.9 Å². The molecule has 2 aliphatic rings. The minimum Gasteiger partial charge on any atom is -0.507 e. The minimum absolute atomic E-state index is 0.0118. The summed E-state index contributed by atoms with van der Waals surface area (Å²) >= 11 is 0. The minimum atomic E-state index is -1.67. The number of hydrogen-bond acceptors (Lipinski definition) is 7. The van der Waals surface area contributed by atoms with E-state index in [0.29, 0.717) is 0 Å². The molecule has 1 aromatic carbocycles. The average molecular weight is 345 g/mol. The van der Waals surface area contributed by atoms with Crippen molar-refractivity contribution in [2.75, 3.05) is 0 Å². The molecular weight excluding hydrogens is 330 g/mol. The van der Waals surface area contributed by atoms with E-state index in [9.17, 15) is 29.7 Å². The zero-order chi connectivity index (χ0) is 18.8. The predicted molar refractivity (Wildman–Crippen MR) is 84.4 cm³/mol. The van der Waals surface area contributed by atoms with Crippen LogP contribution in [0.25, 0.3) is 0 Å². The number of fused-ring (bicyclic) bond motifs is 3. The Kier molecular flexibility index (Phi) is 3.22. The summed E-state index contributed by atoms with van der Waals surface area (Å²) in [6.45, 7) is 3.95. The van der Waals surface area contributed by atoms with Crippen LogP contribution in [-0.2, 0) is 15.0 Å². The second-order valence-corrected chi connectivity index (χ2v) is 6.15. The highest BCUT2D eigenvalue weighted by Gasteiger charge is 2.55. The van der Waals surface area contributed by atoms with Crippen LogP contribution < -0.4 is 10.5 Å². The lowest BCUT2D eigenvalue weighted by Gasteiger charge is -2.27. The number of primary amides is 1. The standard InChI is InChI=1S/C17H15NO7/c1-5-12(21)9(6(2)19)14-11(13(5)22)17(3)8(25-14)4-7(20)10(15(17)23)16(18)24/h4,20-22H,1-3H3,(H2,18,24)/t17-/m0/s1. The van der Waals surface area contributed by atoms with E-state index in [2.05, 4.69) is 0 Å². The Hall–Kier alpha value is -3.29. The molecule has 1 aliphatic carbocycles. The van der Waals surface area contributed by atoms with Crippen LogP contribution in [0.3, 0.4) is 0 Å². The summed E-state index contributed by atoms with van der Waals surface area (Å²) in [4.78, 5) is 36.4. The van der Waals surface area contributed by atoms with Crippen LogP contribution in [0.4, 0.5) is 0 Å². The van der Waals surface area contributed by atoms with Gasteiger partial charge in [0.25, 0.3) is 5.91 Å². The van der Waals surface area contributed by atoms with E-state index in [-0.39, 0.29) is 28.2 Å². The van der Waals surface area contributed by atoms with Gasteiger partial charge in [0, 0.05) is 11.6 Å². The number of ketones is 2. The van der Waals surface area contributed by atoms with Crippen molar-refractivity contribution in [2.24, 2.45) is 5.73 Å². The van der Waals surface area contributed by atoms with E-state index in [1.165, 1.54) is 20.8 Å². The van der Waals surface area contributed by atoms with Crippen molar-refractivity contribution in [2.45, 2.75) is 26.2 Å². The molecule has 1 aliphatic heterocycles. The Labute approximate surface area is 141 Å². The van der Waals surface area contributed by atoms with Gasteiger partial charge in [-0.2, -0.15) is 0 Å². The van der Waals surface area contributed by atoms with Gasteiger partial charge in [0.2, 0.25) is 0 Å². The summed E-state index contributed by atoms with van der Waals surface area (Å²) in [7, 11) is 0. The highest BCUT2D eigenvalue weighted by atomic mass is 16.5. The summed E-state index contributed by atoms with van der Waals surface area (Å²) in [5.41, 5.74) is 2.61. The van der Waals surface area contributed by atoms with Crippen LogP contribution in [0.15, 0.2) is 23.2 Å². The van der Waals surface area contributed by atoms with Gasteiger partial charge in [-0.05, 0) is 20.8 Å². The SMILES string of the molecule is CC(=O)c1c(O)c(C)c(O)c2c1OC1=CC(O)=C(C(N)=O)C(=O)[C@@]12C. The first-order valence-corrected chi connectivity index (χ1v) is 7.31. The van der Waals surface area contributed by atoms with Crippen LogP contribution in [0.2, 0.25) is 0 Å². The predicted octanol–water partition coefficient (Wildman–Crippen LogP) is 1.02. The van der Waals surface area contributed by atoms with Gasteiger partial charge in [-0.25, -0.2) is 0 Å². The first-order valence-electron chi connectivity index (χ1n) is 7.31. The fourth-order valence-electron chi connectivity index (χ4n) is 3.26. The van der Waals surface area contributed by atoms with Crippen LogP contribution >= 0.6 is 0 Å². The van der Waals surface area contributed by atoms with Gasteiger partial charge >= 0.3 is 0 Å². The number of ether oxygens (including phenoxy) is 1. The lowest BCUT2D eigenvalue weighted by Crippen LogP contribution is -2.40. The summed E-state index contributed by atoms with van der Waals surface area (Å²) in [6, 6.07) is 0. The molecule has 3 rings (SSSR count). The Bertz CT molecular complexity index is 954. The second kappa shape index (κ2) is 4.85. The van der Waals surface area contributed by atoms with Gasteiger partial charge in [0.1, 0.15) is 45.3 Å². The molecular formula is C17H15NO7. The summed E-state index contributed by atoms with van der Waals surface area (Å²) in [5, 5.41) is 30.6. The molecule has 8 heteroatoms. The Balaban J connectivity index is 2.42. The largest absolute Gasteiger partial charge is 0.507 e. The van der Waals surface area contributed by atoms with E-state index in [1.54, 1.807) is 0 Å². The molecule has 0 saturated heterocycles. The number of aliphatic hydroxyl groups is 1. The van der Waals surface area contributed by atoms with Gasteiger partial charge in [0.15, 0.2) is 11.6 Å². The fraction of sp³-hybridized carbons (Fsp3) is 0.235. The number of aromatic hydroxyl groups is 2. The molecule has 130 valence electrons. The lowest BCUT2D eigenvalue weighted by atomic mass is 9.71. The number of phenols is 2. The van der Waals surface area contributed by atoms with E-state index >= 15 is 0 Å². The molecule has 0 saturated carbocycles. The Morgan fingerprint density at radius 1 is 1.20 bits per heavy atom. The molecule has 0 spiro atoms. The van der Waals surface area contributed by atoms with Crippen molar-refractivity contribution in [1.82, 2.24) is 0 Å². The van der Waals surface area contributed by atoms with Gasteiger partial charge < -0.3 is 25.8 Å². The summed E-state index contributed by atoms with van der Waals surface area (Å²) in [6.07, 6.45) is 1.04. The number of carbonyl (C=O) groups is 3. The number of hydrogen-bond donors (Lipinski definition) is 4. The van der Waals surface area contributed by atoms with E-state index < -0.39 is 45.7 Å². The van der Waals surface area contributed by atoms with Crippen LogP contribution in [0, 0.1) is 6.92 Å². The van der Waals surface area contributed by atoms with Crippen molar-refractivity contribution in [3.8, 4) is 17.2 Å². The number of carbonyl (C=O) groups excluding carboxylic acids is 3. The van der Waals surface area contributed by atoms with E-state index in [0.717, 1.165) is 6.08 Å². The third kappa shape index (κ3) is 1.84. The normalized spacial score (nSPS) is 21.4. The molecule has 1 amide bonds. The Morgan fingerprint density at radius 2 is 1.80 bits per heavy atom. The van der Waals surface area contributed by atoms with Crippen molar-refractivity contribution in [1.29, 1.82) is 0 Å². The molecule has 1 aromatic rings. The second-order valence-electron chi connectivity index (χ2n) is 6.15. The maximum Gasteiger partial charge on any atom is 0.256 e. The van der Waals surface area contributed by atoms with Gasteiger partial charge in [-0.15, -0.1) is 0 Å². The third-order valence-electron chi connectivity index (χ3n) is 4.65. The smallest absolute Gasteiger partial charge is 0.256 e. The van der Waals surface area contributed by atoms with Crippen LogP contribution in [-0.4, -0.2) is 32.8 Å². The number of amides is 1. The number of benzene rings is 1. The molecule has 5 N–H and O–H groups in total.